The van der Waals surface area contributed by atoms with Gasteiger partial charge in [0.05, 0.1) is 4.75 Å². The highest BCUT2D eigenvalue weighted by atomic mass is 32.2. The Morgan fingerprint density at radius 3 is 3.00 bits per heavy atom. The number of thioether (sulfide) groups is 1. The van der Waals surface area contributed by atoms with Gasteiger partial charge in [-0.3, -0.25) is 9.59 Å². The Hall–Kier alpha value is -2.17. The van der Waals surface area contributed by atoms with Crippen LogP contribution in [0.2, 0.25) is 0 Å². The predicted octanol–water partition coefficient (Wildman–Crippen LogP) is -1.94. The van der Waals surface area contributed by atoms with Gasteiger partial charge in [-0.15, -0.1) is 16.9 Å². The van der Waals surface area contributed by atoms with Gasteiger partial charge in [0.1, 0.15) is 24.3 Å². The number of β-lactam (4-membered cyclic amide) rings is 1. The number of carboxylic acids is 1. The lowest BCUT2D eigenvalue weighted by atomic mass is 10.0. The molecular formula is C11H12N6O4S. The first-order valence-corrected chi connectivity index (χ1v) is 7.51. The number of nitrogens with zero attached hydrogens (tertiary/aromatic N) is 5. The molecule has 1 aromatic rings. The lowest BCUT2D eigenvalue weighted by molar-refractivity contribution is -0.163. The van der Waals surface area contributed by atoms with E-state index >= 15 is 0 Å². The molecule has 3 fully saturated rings. The van der Waals surface area contributed by atoms with Crippen molar-refractivity contribution in [3.63, 3.8) is 0 Å². The number of amides is 2. The van der Waals surface area contributed by atoms with Crippen molar-refractivity contribution < 1.29 is 19.5 Å². The minimum atomic E-state index is -1.10. The molecule has 3 unspecified atom stereocenters. The van der Waals surface area contributed by atoms with E-state index in [-0.39, 0.29) is 23.7 Å². The lowest BCUT2D eigenvalue weighted by Gasteiger charge is -2.45. The van der Waals surface area contributed by atoms with Crippen LogP contribution in [0.1, 0.15) is 13.3 Å². The third-order valence-corrected chi connectivity index (χ3v) is 6.27. The molecular weight excluding hydrogens is 312 g/mol. The Kier molecular flexibility index (Phi) is 2.43. The van der Waals surface area contributed by atoms with Gasteiger partial charge in [0.15, 0.2) is 5.54 Å². The number of rotatable bonds is 4. The molecule has 3 heterocycles. The van der Waals surface area contributed by atoms with Gasteiger partial charge >= 0.3 is 5.97 Å². The van der Waals surface area contributed by atoms with Gasteiger partial charge in [0.2, 0.25) is 11.8 Å². The summed E-state index contributed by atoms with van der Waals surface area (Å²) in [5.41, 5.74) is -1.10. The predicted molar refractivity (Wildman–Crippen MR) is 71.4 cm³/mol. The SMILES string of the molecule is CC12CC1(C(=O)O)N1C(=O)C(NC(=O)Cn3cnnn3)[C@H]1S2. The van der Waals surface area contributed by atoms with Crippen LogP contribution < -0.4 is 5.32 Å². The second-order valence-corrected chi connectivity index (χ2v) is 7.46. The average Bonchev–Trinajstić information content (AvgIpc) is 2.79. The second kappa shape index (κ2) is 3.97. The fraction of sp³-hybridized carbons (Fsp3) is 0.636. The van der Waals surface area contributed by atoms with E-state index in [0.29, 0.717) is 6.42 Å². The van der Waals surface area contributed by atoms with Gasteiger partial charge in [-0.2, -0.15) is 0 Å². The topological polar surface area (TPSA) is 130 Å². The maximum absolute atomic E-state index is 12.3. The number of nitrogens with one attached hydrogen (secondary N) is 1. The molecule has 0 aromatic carbocycles. The summed E-state index contributed by atoms with van der Waals surface area (Å²) in [5.74, 6) is -1.70. The number of aromatic nitrogens is 4. The third-order valence-electron chi connectivity index (χ3n) is 4.55. The molecule has 1 saturated carbocycles. The molecule has 11 heteroatoms. The zero-order chi connectivity index (χ0) is 15.7. The van der Waals surface area contributed by atoms with Crippen molar-refractivity contribution >= 4 is 29.5 Å². The van der Waals surface area contributed by atoms with Crippen LogP contribution in [0.4, 0.5) is 0 Å². The molecule has 0 radical (unpaired) electrons. The van der Waals surface area contributed by atoms with Gasteiger partial charge in [0, 0.05) is 6.42 Å². The molecule has 10 nitrogen and oxygen atoms in total. The number of fused-ring (bicyclic) bond motifs is 3. The number of carbonyl (C=O) groups excluding carboxylic acids is 2. The number of aliphatic carboxylic acids is 1. The van der Waals surface area contributed by atoms with Crippen molar-refractivity contribution in [1.82, 2.24) is 30.4 Å². The largest absolute Gasteiger partial charge is 0.479 e. The van der Waals surface area contributed by atoms with Crippen LogP contribution in [0.5, 0.6) is 0 Å². The van der Waals surface area contributed by atoms with Crippen LogP contribution in [0.3, 0.4) is 0 Å². The molecule has 4 atom stereocenters. The summed E-state index contributed by atoms with van der Waals surface area (Å²) in [5, 5.41) is 22.2. The van der Waals surface area contributed by atoms with Gasteiger partial charge in [-0.25, -0.2) is 9.48 Å². The zero-order valence-electron chi connectivity index (χ0n) is 11.5. The fourth-order valence-electron chi connectivity index (χ4n) is 3.34. The molecule has 0 bridgehead atoms. The molecule has 1 aliphatic carbocycles. The van der Waals surface area contributed by atoms with E-state index in [2.05, 4.69) is 20.8 Å². The molecule has 0 spiro atoms. The van der Waals surface area contributed by atoms with Crippen molar-refractivity contribution in [3.05, 3.63) is 6.33 Å². The van der Waals surface area contributed by atoms with E-state index < -0.39 is 22.3 Å². The quantitative estimate of drug-likeness (QED) is 0.612. The van der Waals surface area contributed by atoms with E-state index in [1.54, 1.807) is 0 Å². The smallest absolute Gasteiger partial charge is 0.331 e. The first-order valence-electron chi connectivity index (χ1n) is 6.64. The van der Waals surface area contributed by atoms with Crippen LogP contribution in [0.15, 0.2) is 6.33 Å². The summed E-state index contributed by atoms with van der Waals surface area (Å²) in [4.78, 5) is 37.1. The number of tetrazole rings is 1. The van der Waals surface area contributed by atoms with E-state index in [0.717, 1.165) is 0 Å². The Morgan fingerprint density at radius 2 is 2.36 bits per heavy atom. The first kappa shape index (κ1) is 13.5. The molecule has 3 aliphatic rings. The minimum Gasteiger partial charge on any atom is -0.479 e. The van der Waals surface area contributed by atoms with E-state index in [1.165, 1.54) is 27.7 Å². The Balaban J connectivity index is 1.46. The monoisotopic (exact) mass is 324 g/mol. The molecule has 2 N–H and O–H groups in total. The van der Waals surface area contributed by atoms with Crippen LogP contribution in [0, 0.1) is 0 Å². The third kappa shape index (κ3) is 1.46. The number of hydrogen-bond donors (Lipinski definition) is 2. The van der Waals surface area contributed by atoms with Crippen molar-refractivity contribution in [1.29, 1.82) is 0 Å². The summed E-state index contributed by atoms with van der Waals surface area (Å²) < 4.78 is 0.782. The van der Waals surface area contributed by atoms with Crippen molar-refractivity contribution in [3.8, 4) is 0 Å². The van der Waals surface area contributed by atoms with Gasteiger partial charge in [-0.1, -0.05) is 0 Å². The van der Waals surface area contributed by atoms with Crippen LogP contribution in [-0.4, -0.2) is 69.7 Å². The molecule has 116 valence electrons. The van der Waals surface area contributed by atoms with Crippen LogP contribution in [0.25, 0.3) is 0 Å². The maximum atomic E-state index is 12.3. The summed E-state index contributed by atoms with van der Waals surface area (Å²) in [7, 11) is 0. The summed E-state index contributed by atoms with van der Waals surface area (Å²) in [6.07, 6.45) is 1.75. The minimum absolute atomic E-state index is 0.0878. The molecule has 1 aromatic heterocycles. The summed E-state index contributed by atoms with van der Waals surface area (Å²) >= 11 is 1.44. The zero-order valence-corrected chi connectivity index (χ0v) is 12.3. The summed E-state index contributed by atoms with van der Waals surface area (Å²) in [6.45, 7) is 1.76. The first-order chi connectivity index (χ1) is 10.4. The number of carboxylic acid groups (broad SMARTS) is 1. The normalized spacial score (nSPS) is 38.0. The molecule has 2 amide bonds. The average molecular weight is 324 g/mol. The maximum Gasteiger partial charge on any atom is 0.331 e. The standard InChI is InChI=1S/C11H12N6O4S/c1-10-3-11(10,9(20)21)17-7(19)6(8(17)22-10)13-5(18)2-16-4-12-14-15-16/h4,6,8H,2-3H2,1H3,(H,13,18)(H,20,21)/t6?,8-,10?,11?/m1/s1. The highest BCUT2D eigenvalue weighted by molar-refractivity contribution is 8.02. The van der Waals surface area contributed by atoms with Crippen molar-refractivity contribution in [2.75, 3.05) is 0 Å². The highest BCUT2D eigenvalue weighted by Crippen LogP contribution is 2.71. The van der Waals surface area contributed by atoms with E-state index in [9.17, 15) is 19.5 Å². The summed E-state index contributed by atoms with van der Waals surface area (Å²) in [6, 6.07) is -0.685. The number of hydrogen-bond acceptors (Lipinski definition) is 7. The van der Waals surface area contributed by atoms with Crippen molar-refractivity contribution in [2.24, 2.45) is 0 Å². The molecule has 2 aliphatic heterocycles. The highest BCUT2D eigenvalue weighted by Gasteiger charge is 2.85. The van der Waals surface area contributed by atoms with Crippen LogP contribution >= 0.6 is 11.8 Å². The van der Waals surface area contributed by atoms with Gasteiger partial charge < -0.3 is 15.3 Å². The van der Waals surface area contributed by atoms with Gasteiger partial charge in [0.25, 0.3) is 0 Å². The van der Waals surface area contributed by atoms with Crippen molar-refractivity contribution in [2.45, 2.75) is 41.6 Å². The Labute approximate surface area is 128 Å². The second-order valence-electron chi connectivity index (χ2n) is 5.84. The van der Waals surface area contributed by atoms with Crippen LogP contribution in [-0.2, 0) is 20.9 Å². The Morgan fingerprint density at radius 1 is 1.59 bits per heavy atom. The fourth-order valence-corrected chi connectivity index (χ4v) is 5.25. The molecule has 22 heavy (non-hydrogen) atoms. The van der Waals surface area contributed by atoms with Gasteiger partial charge in [-0.05, 0) is 17.4 Å². The Bertz CT molecular complexity index is 695. The molecule has 2 saturated heterocycles. The van der Waals surface area contributed by atoms with E-state index in [1.807, 2.05) is 6.92 Å². The molecule has 4 rings (SSSR count). The lowest BCUT2D eigenvalue weighted by Crippen LogP contribution is -2.72. The van der Waals surface area contributed by atoms with E-state index in [4.69, 9.17) is 0 Å². The number of carbonyl (C=O) groups is 3.